The average Bonchev–Trinajstić information content (AvgIpc) is 2.77. The summed E-state index contributed by atoms with van der Waals surface area (Å²) in [5.41, 5.74) is 0.0318. The van der Waals surface area contributed by atoms with Crippen LogP contribution in [0.15, 0.2) is 54.6 Å². The number of morpholine rings is 1. The Kier molecular flexibility index (Phi) is 10.6. The summed E-state index contributed by atoms with van der Waals surface area (Å²) in [6.07, 6.45) is -1.28. The number of carboxylic acids is 1. The summed E-state index contributed by atoms with van der Waals surface area (Å²) in [4.78, 5) is 38.4. The normalized spacial score (nSPS) is 18.8. The Morgan fingerprint density at radius 3 is 2.11 bits per heavy atom. The van der Waals surface area contributed by atoms with Crippen LogP contribution in [0, 0.1) is 0 Å². The van der Waals surface area contributed by atoms with Crippen molar-refractivity contribution in [2.45, 2.75) is 64.3 Å². The second-order valence-electron chi connectivity index (χ2n) is 8.99. The lowest BCUT2D eigenvalue weighted by atomic mass is 9.98. The summed E-state index contributed by atoms with van der Waals surface area (Å²) in [6, 6.07) is 14.9. The van der Waals surface area contributed by atoms with E-state index in [1.807, 2.05) is 30.3 Å². The van der Waals surface area contributed by atoms with E-state index in [4.69, 9.17) is 37.8 Å². The van der Waals surface area contributed by atoms with Crippen LogP contribution in [0.3, 0.4) is 0 Å². The van der Waals surface area contributed by atoms with Crippen molar-refractivity contribution in [3.05, 3.63) is 70.2 Å². The molecule has 1 saturated heterocycles. The third kappa shape index (κ3) is 8.84. The summed E-state index contributed by atoms with van der Waals surface area (Å²) in [5, 5.41) is 10.4. The number of esters is 1. The van der Waals surface area contributed by atoms with Gasteiger partial charge in [0.25, 0.3) is 5.91 Å². The highest BCUT2D eigenvalue weighted by Crippen LogP contribution is 2.32. The van der Waals surface area contributed by atoms with E-state index in [0.717, 1.165) is 10.6 Å². The molecule has 1 heterocycles. The topological polar surface area (TPSA) is 93.1 Å². The molecule has 35 heavy (non-hydrogen) atoms. The minimum atomic E-state index is -1.14. The molecule has 0 bridgehead atoms. The molecule has 9 heteroatoms. The molecule has 0 aliphatic carbocycles. The average molecular weight is 524 g/mol. The largest absolute Gasteiger partial charge is 0.481 e. The van der Waals surface area contributed by atoms with Crippen molar-refractivity contribution in [2.24, 2.45) is 0 Å². The van der Waals surface area contributed by atoms with E-state index in [0.29, 0.717) is 11.4 Å². The van der Waals surface area contributed by atoms with Gasteiger partial charge in [0.15, 0.2) is 0 Å². The molecule has 0 saturated carbocycles. The zero-order valence-corrected chi connectivity index (χ0v) is 21.8. The maximum Gasteiger partial charge on any atom is 0.329 e. The monoisotopic (exact) mass is 523 g/mol. The Morgan fingerprint density at radius 1 is 1.09 bits per heavy atom. The number of aliphatic carboxylic acids is 1. The van der Waals surface area contributed by atoms with Gasteiger partial charge in [0, 0.05) is 10.0 Å². The first kappa shape index (κ1) is 28.6. The molecule has 1 fully saturated rings. The lowest BCUT2D eigenvalue weighted by Crippen LogP contribution is -2.57. The molecule has 0 spiro atoms. The zero-order valence-electron chi connectivity index (χ0n) is 20.2. The summed E-state index contributed by atoms with van der Waals surface area (Å²) >= 11 is 11.5. The molecule has 1 aliphatic rings. The number of hydrogen-bond donors (Lipinski definition) is 1. The lowest BCUT2D eigenvalue weighted by Gasteiger charge is -2.43. The van der Waals surface area contributed by atoms with E-state index < -0.39 is 48.1 Å². The molecule has 1 N–H and O–H groups in total. The number of carbonyl (C=O) groups excluding carboxylic acids is 2. The van der Waals surface area contributed by atoms with E-state index in [1.54, 1.807) is 52.0 Å². The van der Waals surface area contributed by atoms with Gasteiger partial charge in [0.1, 0.15) is 17.7 Å². The SMILES string of the molecule is CCC(C(=O)OC(C)(C)C)N1C(=O)[C@H](CC(=O)O)OCC1c1ccc(Cl)cc1.Clc1ccccc1. The van der Waals surface area contributed by atoms with Gasteiger partial charge in [0.2, 0.25) is 0 Å². The van der Waals surface area contributed by atoms with Gasteiger partial charge < -0.3 is 19.5 Å². The van der Waals surface area contributed by atoms with Crippen molar-refractivity contribution < 1.29 is 29.0 Å². The first-order valence-corrected chi connectivity index (χ1v) is 12.0. The fraction of sp³-hybridized carbons (Fsp3) is 0.423. The summed E-state index contributed by atoms with van der Waals surface area (Å²) in [6.45, 7) is 7.11. The quantitative estimate of drug-likeness (QED) is 0.499. The predicted octanol–water partition coefficient (Wildman–Crippen LogP) is 5.54. The van der Waals surface area contributed by atoms with E-state index in [-0.39, 0.29) is 6.61 Å². The molecular formula is C26H31Cl2NO6. The number of carbonyl (C=O) groups is 3. The van der Waals surface area contributed by atoms with Crippen LogP contribution >= 0.6 is 23.2 Å². The first-order valence-electron chi connectivity index (χ1n) is 11.3. The van der Waals surface area contributed by atoms with E-state index in [1.165, 1.54) is 4.90 Å². The number of hydrogen-bond acceptors (Lipinski definition) is 5. The van der Waals surface area contributed by atoms with Crippen molar-refractivity contribution >= 4 is 41.0 Å². The van der Waals surface area contributed by atoms with Crippen LogP contribution in [0.1, 0.15) is 52.1 Å². The van der Waals surface area contributed by atoms with Crippen LogP contribution in [0.2, 0.25) is 10.0 Å². The number of nitrogens with zero attached hydrogens (tertiary/aromatic N) is 1. The van der Waals surface area contributed by atoms with Gasteiger partial charge in [-0.25, -0.2) is 4.79 Å². The second-order valence-corrected chi connectivity index (χ2v) is 9.86. The highest BCUT2D eigenvalue weighted by molar-refractivity contribution is 6.30. The summed E-state index contributed by atoms with van der Waals surface area (Å²) in [7, 11) is 0. The van der Waals surface area contributed by atoms with E-state index in [2.05, 4.69) is 0 Å². The van der Waals surface area contributed by atoms with Gasteiger partial charge in [-0.1, -0.05) is 60.5 Å². The van der Waals surface area contributed by atoms with Gasteiger partial charge in [-0.2, -0.15) is 0 Å². The van der Waals surface area contributed by atoms with Crippen molar-refractivity contribution in [3.8, 4) is 0 Å². The maximum atomic E-state index is 13.1. The van der Waals surface area contributed by atoms with Crippen molar-refractivity contribution in [3.63, 3.8) is 0 Å². The Morgan fingerprint density at radius 2 is 1.66 bits per heavy atom. The third-order valence-corrected chi connectivity index (χ3v) is 5.57. The Balaban J connectivity index is 0.000000527. The minimum absolute atomic E-state index is 0.0740. The van der Waals surface area contributed by atoms with Crippen molar-refractivity contribution in [2.75, 3.05) is 6.61 Å². The third-order valence-electron chi connectivity index (χ3n) is 5.07. The van der Waals surface area contributed by atoms with E-state index in [9.17, 15) is 14.4 Å². The van der Waals surface area contributed by atoms with Crippen LogP contribution in [-0.2, 0) is 23.9 Å². The van der Waals surface area contributed by atoms with Crippen LogP contribution < -0.4 is 0 Å². The molecule has 2 aromatic rings. The molecule has 1 amide bonds. The fourth-order valence-electron chi connectivity index (χ4n) is 3.56. The molecular weight excluding hydrogens is 493 g/mol. The van der Waals surface area contributed by atoms with Gasteiger partial charge in [-0.15, -0.1) is 0 Å². The molecule has 3 rings (SSSR count). The number of carboxylic acid groups (broad SMARTS) is 1. The number of ether oxygens (including phenoxy) is 2. The minimum Gasteiger partial charge on any atom is -0.481 e. The van der Waals surface area contributed by atoms with Crippen molar-refractivity contribution in [1.29, 1.82) is 0 Å². The molecule has 7 nitrogen and oxygen atoms in total. The molecule has 2 aromatic carbocycles. The predicted molar refractivity (Wildman–Crippen MR) is 134 cm³/mol. The Hall–Kier alpha value is -2.61. The summed E-state index contributed by atoms with van der Waals surface area (Å²) in [5.74, 6) is -2.21. The van der Waals surface area contributed by atoms with Crippen LogP contribution in [0.4, 0.5) is 0 Å². The van der Waals surface area contributed by atoms with Gasteiger partial charge in [-0.05, 0) is 57.0 Å². The number of halogens is 2. The summed E-state index contributed by atoms with van der Waals surface area (Å²) < 4.78 is 11.0. The number of rotatable bonds is 6. The number of benzene rings is 2. The molecule has 3 atom stereocenters. The lowest BCUT2D eigenvalue weighted by molar-refractivity contribution is -0.180. The standard InChI is InChI=1S/C20H26ClNO6.C6H5Cl/c1-5-14(19(26)28-20(2,3)4)22-15(12-6-8-13(21)9-7-12)11-27-16(18(22)25)10-17(23)24;7-6-4-2-1-3-5-6/h6-9,14-16H,5,10-11H2,1-4H3,(H,23,24);1-5H/t14?,15?,16-;/m0./s1. The van der Waals surface area contributed by atoms with Crippen LogP contribution in [0.5, 0.6) is 0 Å². The molecule has 2 unspecified atom stereocenters. The second kappa shape index (κ2) is 12.9. The van der Waals surface area contributed by atoms with Crippen LogP contribution in [0.25, 0.3) is 0 Å². The fourth-order valence-corrected chi connectivity index (χ4v) is 3.83. The highest BCUT2D eigenvalue weighted by Gasteiger charge is 2.44. The first-order chi connectivity index (χ1) is 16.4. The Bertz CT molecular complexity index is 991. The molecule has 190 valence electrons. The van der Waals surface area contributed by atoms with Gasteiger partial charge in [-0.3, -0.25) is 9.59 Å². The Labute approximate surface area is 215 Å². The van der Waals surface area contributed by atoms with Crippen LogP contribution in [-0.4, -0.2) is 52.2 Å². The highest BCUT2D eigenvalue weighted by atomic mass is 35.5. The zero-order chi connectivity index (χ0) is 26.2. The van der Waals surface area contributed by atoms with Gasteiger partial charge in [0.05, 0.1) is 19.1 Å². The molecule has 0 radical (unpaired) electrons. The molecule has 0 aromatic heterocycles. The maximum absolute atomic E-state index is 13.1. The van der Waals surface area contributed by atoms with Crippen molar-refractivity contribution in [1.82, 2.24) is 4.90 Å². The molecule has 1 aliphatic heterocycles. The smallest absolute Gasteiger partial charge is 0.329 e. The number of amides is 1. The van der Waals surface area contributed by atoms with E-state index >= 15 is 0 Å². The van der Waals surface area contributed by atoms with Gasteiger partial charge >= 0.3 is 11.9 Å².